The lowest BCUT2D eigenvalue weighted by Gasteiger charge is -2.36. The fourth-order valence-corrected chi connectivity index (χ4v) is 11.0. The van der Waals surface area contributed by atoms with Gasteiger partial charge in [0.05, 0.1) is 35.5 Å². The molecule has 0 saturated heterocycles. The molecule has 0 fully saturated rings. The molecule has 312 valence electrons. The van der Waals surface area contributed by atoms with E-state index in [1.807, 2.05) is 33.3 Å². The van der Waals surface area contributed by atoms with Crippen molar-refractivity contribution in [2.75, 3.05) is 68.1 Å². The number of rotatable bonds is 12. The number of likely N-dealkylation sites (N-methyl/N-ethyl adjacent to an activating group) is 1. The first-order chi connectivity index (χ1) is 28.0. The Kier molecular flexibility index (Phi) is 12.5. The van der Waals surface area contributed by atoms with E-state index in [2.05, 4.69) is 14.7 Å². The quantitative estimate of drug-likeness (QED) is 0.115. The normalized spacial score (nSPS) is 16.2. The molecule has 2 aliphatic rings. The fraction of sp³-hybridized carbons (Fsp3) is 0.348. The highest BCUT2D eigenvalue weighted by molar-refractivity contribution is 7.92. The van der Waals surface area contributed by atoms with E-state index in [-0.39, 0.29) is 36.5 Å². The maximum Gasteiger partial charge on any atom is 0.221 e. The van der Waals surface area contributed by atoms with Gasteiger partial charge in [-0.25, -0.2) is 21.2 Å². The Morgan fingerprint density at radius 2 is 1.24 bits per heavy atom. The third kappa shape index (κ3) is 9.31. The van der Waals surface area contributed by atoms with Gasteiger partial charge in [-0.05, 0) is 154 Å². The van der Waals surface area contributed by atoms with E-state index in [0.717, 1.165) is 74.4 Å². The summed E-state index contributed by atoms with van der Waals surface area (Å²) in [4.78, 5) is 7.28. The van der Waals surface area contributed by atoms with Crippen molar-refractivity contribution in [3.8, 4) is 5.75 Å². The smallest absolute Gasteiger partial charge is 0.221 e. The van der Waals surface area contributed by atoms with Crippen molar-refractivity contribution >= 4 is 25.4 Å². The summed E-state index contributed by atoms with van der Waals surface area (Å²) in [6.07, 6.45) is 1.79. The average Bonchev–Trinajstić information content (AvgIpc) is 3.54. The summed E-state index contributed by atoms with van der Waals surface area (Å²) in [5, 5.41) is 12.1. The van der Waals surface area contributed by atoms with Crippen LogP contribution < -0.4 is 9.22 Å². The average molecular weight is 842 g/mol. The van der Waals surface area contributed by atoms with Crippen LogP contribution in [0.15, 0.2) is 123 Å². The number of halogens is 1. The van der Waals surface area contributed by atoms with E-state index in [1.54, 1.807) is 68.7 Å². The molecule has 0 spiro atoms. The molecule has 7 rings (SSSR count). The zero-order valence-corrected chi connectivity index (χ0v) is 36.1. The van der Waals surface area contributed by atoms with Gasteiger partial charge in [0.15, 0.2) is 5.69 Å². The topological polar surface area (TPSA) is 107 Å². The van der Waals surface area contributed by atoms with Gasteiger partial charge >= 0.3 is 0 Å². The first kappa shape index (κ1) is 42.6. The molecule has 5 aromatic rings. The van der Waals surface area contributed by atoms with Crippen LogP contribution in [0.5, 0.6) is 5.75 Å². The lowest BCUT2D eigenvalue weighted by atomic mass is 10.0. The van der Waals surface area contributed by atoms with Crippen LogP contribution in [-0.4, -0.2) is 105 Å². The number of hydrogen-bond donors (Lipinski definition) is 1. The van der Waals surface area contributed by atoms with Gasteiger partial charge in [-0.1, -0.05) is 18.2 Å². The number of nitrogens with zero attached hydrogens (tertiary/aromatic N) is 4. The van der Waals surface area contributed by atoms with E-state index in [1.165, 1.54) is 42.0 Å². The highest BCUT2D eigenvalue weighted by Gasteiger charge is 2.38. The van der Waals surface area contributed by atoms with Gasteiger partial charge in [-0.15, -0.1) is 0 Å². The van der Waals surface area contributed by atoms with Crippen molar-refractivity contribution in [2.45, 2.75) is 58.1 Å². The van der Waals surface area contributed by atoms with Gasteiger partial charge in [0, 0.05) is 37.8 Å². The Morgan fingerprint density at radius 3 is 1.88 bits per heavy atom. The molecule has 0 bridgehead atoms. The van der Waals surface area contributed by atoms with Gasteiger partial charge in [0.25, 0.3) is 0 Å². The van der Waals surface area contributed by atoms with Crippen LogP contribution in [0.2, 0.25) is 0 Å². The van der Waals surface area contributed by atoms with Gasteiger partial charge in [-0.2, -0.15) is 0 Å². The number of aliphatic hydroxyl groups is 1. The number of benzene rings is 5. The first-order valence-corrected chi connectivity index (χ1v) is 22.9. The van der Waals surface area contributed by atoms with Crippen LogP contribution >= 0.6 is 0 Å². The molecule has 10 nitrogen and oxygen atoms in total. The third-order valence-corrected chi connectivity index (χ3v) is 15.2. The summed E-state index contributed by atoms with van der Waals surface area (Å²) in [5.41, 5.74) is 5.81. The van der Waals surface area contributed by atoms with Crippen molar-refractivity contribution in [1.29, 1.82) is 0 Å². The van der Waals surface area contributed by atoms with Crippen LogP contribution in [0.25, 0.3) is 0 Å². The molecule has 1 N–H and O–H groups in total. The Bertz CT molecular complexity index is 2510. The van der Waals surface area contributed by atoms with E-state index in [4.69, 9.17) is 4.74 Å². The number of ether oxygens (including phenoxy) is 1. The molecule has 13 heteroatoms. The molecule has 0 aromatic heterocycles. The minimum absolute atomic E-state index is 0.0997. The van der Waals surface area contributed by atoms with Gasteiger partial charge in [0.1, 0.15) is 23.1 Å². The minimum atomic E-state index is -4.10. The van der Waals surface area contributed by atoms with Gasteiger partial charge in [-0.3, -0.25) is 14.3 Å². The van der Waals surface area contributed by atoms with Crippen molar-refractivity contribution in [1.82, 2.24) is 19.2 Å². The van der Waals surface area contributed by atoms with Gasteiger partial charge < -0.3 is 14.7 Å². The maximum atomic E-state index is 14.6. The molecule has 0 saturated carbocycles. The molecular formula is C46H54FN4O6S2+. The number of quaternary nitrogens is 1. The predicted octanol–water partition coefficient (Wildman–Crippen LogP) is 6.28. The number of sulfone groups is 2. The Hall–Kier alpha value is -4.47. The highest BCUT2D eigenvalue weighted by Crippen LogP contribution is 2.41. The van der Waals surface area contributed by atoms with Crippen molar-refractivity contribution in [3.63, 3.8) is 0 Å². The zero-order chi connectivity index (χ0) is 42.1. The van der Waals surface area contributed by atoms with E-state index < -0.39 is 25.9 Å². The summed E-state index contributed by atoms with van der Waals surface area (Å²) in [5.74, 6) is 0.133. The van der Waals surface area contributed by atoms with Crippen molar-refractivity contribution < 1.29 is 31.1 Å². The standard InChI is InChI=1S/C46H54FN4O6S2/c1-48(2)32-50-26-22-34-8-19-43(28-36(34)23-27-50)58(53,54)41-17-9-35(10-18-41)46(52)51(4,5)44-29-37-20-24-49(3)25-21-38(37)30-45(44)59(55,56)42-15-6-33(7-16-42)31-57-40-13-11-39(47)12-14-40/h6-19,28-30,46,52H,20-27,31-32H2,1-5H3/q+1. The van der Waals surface area contributed by atoms with Crippen LogP contribution in [0.4, 0.5) is 10.1 Å². The predicted molar refractivity (Wildman–Crippen MR) is 228 cm³/mol. The monoisotopic (exact) mass is 841 g/mol. The Labute approximate surface area is 348 Å². The van der Waals surface area contributed by atoms with Crippen LogP contribution in [0.3, 0.4) is 0 Å². The molecule has 2 heterocycles. The SMILES string of the molecule is CN(C)CN1CCc2ccc(S(=O)(=O)c3ccc(C(O)[N+](C)(C)c4cc5c(cc4S(=O)(=O)c4ccc(COc6ccc(F)cc6)cc4)CCN(C)CC5)cc3)cc2CC1. The van der Waals surface area contributed by atoms with E-state index in [9.17, 15) is 26.3 Å². The zero-order valence-electron chi connectivity index (χ0n) is 34.4. The van der Waals surface area contributed by atoms with E-state index >= 15 is 0 Å². The number of hydrogen-bond acceptors (Lipinski definition) is 9. The second kappa shape index (κ2) is 17.3. The van der Waals surface area contributed by atoms with Crippen LogP contribution in [-0.2, 0) is 52.0 Å². The molecule has 2 aliphatic heterocycles. The van der Waals surface area contributed by atoms with Gasteiger partial charge in [0.2, 0.25) is 25.9 Å². The third-order valence-electron chi connectivity index (χ3n) is 11.6. The summed E-state index contributed by atoms with van der Waals surface area (Å²) in [7, 11) is 1.72. The second-order valence-corrected chi connectivity index (χ2v) is 20.4. The molecule has 0 radical (unpaired) electrons. The maximum absolute atomic E-state index is 14.6. The minimum Gasteiger partial charge on any atom is -0.489 e. The lowest BCUT2D eigenvalue weighted by molar-refractivity contribution is 0.0418. The van der Waals surface area contributed by atoms with E-state index in [0.29, 0.717) is 23.4 Å². The Morgan fingerprint density at radius 1 is 0.695 bits per heavy atom. The molecule has 5 aromatic carbocycles. The summed E-state index contributed by atoms with van der Waals surface area (Å²) in [6, 6.07) is 27.6. The second-order valence-electron chi connectivity index (χ2n) is 16.5. The molecule has 0 amide bonds. The van der Waals surface area contributed by atoms with Crippen LogP contribution in [0, 0.1) is 5.82 Å². The van der Waals surface area contributed by atoms with Crippen molar-refractivity contribution in [3.05, 3.63) is 142 Å². The van der Waals surface area contributed by atoms with Crippen LogP contribution in [0.1, 0.15) is 39.6 Å². The molecule has 1 atom stereocenters. The summed E-state index contributed by atoms with van der Waals surface area (Å²) < 4.78 is 76.1. The summed E-state index contributed by atoms with van der Waals surface area (Å²) >= 11 is 0. The summed E-state index contributed by atoms with van der Waals surface area (Å²) in [6.45, 7) is 4.37. The fourth-order valence-electron chi connectivity index (χ4n) is 8.02. The Balaban J connectivity index is 1.16. The first-order valence-electron chi connectivity index (χ1n) is 20.0. The van der Waals surface area contributed by atoms with Crippen molar-refractivity contribution in [2.24, 2.45) is 0 Å². The largest absolute Gasteiger partial charge is 0.489 e. The molecule has 1 unspecified atom stereocenters. The molecule has 0 aliphatic carbocycles. The number of fused-ring (bicyclic) bond motifs is 2. The molecule has 59 heavy (non-hydrogen) atoms. The lowest BCUT2D eigenvalue weighted by Crippen LogP contribution is -2.45. The molecular weight excluding hydrogens is 788 g/mol. The number of aliphatic hydroxyl groups excluding tert-OH is 1. The highest BCUT2D eigenvalue weighted by atomic mass is 32.2.